The molecular formula is C17H23NO6. The van der Waals surface area contributed by atoms with Crippen molar-refractivity contribution in [1.82, 2.24) is 5.32 Å². The van der Waals surface area contributed by atoms with E-state index in [1.165, 1.54) is 14.0 Å². The lowest BCUT2D eigenvalue weighted by molar-refractivity contribution is -0.119. The van der Waals surface area contributed by atoms with Gasteiger partial charge < -0.3 is 19.5 Å². The van der Waals surface area contributed by atoms with Crippen LogP contribution < -0.4 is 10.1 Å². The van der Waals surface area contributed by atoms with Gasteiger partial charge in [-0.1, -0.05) is 26.0 Å². The highest BCUT2D eigenvalue weighted by Crippen LogP contribution is 2.13. The molecule has 0 aliphatic carbocycles. The molecule has 7 nitrogen and oxygen atoms in total. The number of amides is 1. The van der Waals surface area contributed by atoms with Gasteiger partial charge in [0.05, 0.1) is 13.2 Å². The Labute approximate surface area is 141 Å². The van der Waals surface area contributed by atoms with E-state index < -0.39 is 18.3 Å². The van der Waals surface area contributed by atoms with Crippen LogP contribution in [0.15, 0.2) is 24.3 Å². The number of Topliss-reactive ketones (excluding diaryl/α,β-unsaturated/α-hetero) is 1. The van der Waals surface area contributed by atoms with Gasteiger partial charge in [0.15, 0.2) is 5.78 Å². The molecule has 0 spiro atoms. The molecule has 1 unspecified atom stereocenters. The molecule has 0 saturated carbocycles. The Balaban J connectivity index is 2.48. The topological polar surface area (TPSA) is 90.9 Å². The van der Waals surface area contributed by atoms with Gasteiger partial charge in [-0.05, 0) is 37.0 Å². The third-order valence-corrected chi connectivity index (χ3v) is 3.15. The van der Waals surface area contributed by atoms with Crippen molar-refractivity contribution in [2.24, 2.45) is 5.92 Å². The van der Waals surface area contributed by atoms with Crippen molar-refractivity contribution in [2.75, 3.05) is 7.11 Å². The van der Waals surface area contributed by atoms with Crippen LogP contribution in [0.5, 0.6) is 5.75 Å². The van der Waals surface area contributed by atoms with Crippen LogP contribution in [-0.2, 0) is 20.9 Å². The fourth-order valence-electron chi connectivity index (χ4n) is 1.92. The van der Waals surface area contributed by atoms with Crippen LogP contribution in [0, 0.1) is 5.92 Å². The first-order chi connectivity index (χ1) is 11.3. The van der Waals surface area contributed by atoms with Gasteiger partial charge in [-0.3, -0.25) is 4.79 Å². The molecular weight excluding hydrogens is 314 g/mol. The number of hydrogen-bond donors (Lipinski definition) is 1. The molecule has 1 amide bonds. The largest absolute Gasteiger partial charge is 0.513 e. The number of carbonyl (C=O) groups excluding carboxylic acids is 3. The van der Waals surface area contributed by atoms with Crippen molar-refractivity contribution in [3.63, 3.8) is 0 Å². The lowest BCUT2D eigenvalue weighted by Crippen LogP contribution is -2.40. The fourth-order valence-corrected chi connectivity index (χ4v) is 1.92. The molecule has 1 atom stereocenters. The van der Waals surface area contributed by atoms with E-state index in [4.69, 9.17) is 9.47 Å². The van der Waals surface area contributed by atoms with Gasteiger partial charge in [-0.15, -0.1) is 0 Å². The first kappa shape index (κ1) is 19.5. The van der Waals surface area contributed by atoms with Crippen molar-refractivity contribution in [1.29, 1.82) is 0 Å². The molecule has 0 saturated heterocycles. The van der Waals surface area contributed by atoms with Gasteiger partial charge in [0, 0.05) is 0 Å². The van der Waals surface area contributed by atoms with E-state index in [1.807, 2.05) is 13.8 Å². The zero-order valence-electron chi connectivity index (χ0n) is 14.3. The highest BCUT2D eigenvalue weighted by atomic mass is 16.7. The Bertz CT molecular complexity index is 567. The summed E-state index contributed by atoms with van der Waals surface area (Å²) in [5, 5.41) is 2.57. The zero-order valence-corrected chi connectivity index (χ0v) is 14.3. The molecule has 0 radical (unpaired) electrons. The van der Waals surface area contributed by atoms with Gasteiger partial charge in [0.25, 0.3) is 0 Å². The SMILES string of the molecule is COC(=O)Oc1ccc(COC(=O)NC(CC(C)C)C(C)=O)cc1. The third kappa shape index (κ3) is 7.13. The number of methoxy groups -OCH3 is 1. The Morgan fingerprint density at radius 3 is 2.25 bits per heavy atom. The Morgan fingerprint density at radius 1 is 1.12 bits per heavy atom. The van der Waals surface area contributed by atoms with Crippen molar-refractivity contribution in [3.8, 4) is 5.75 Å². The highest BCUT2D eigenvalue weighted by Gasteiger charge is 2.19. The summed E-state index contributed by atoms with van der Waals surface area (Å²) < 4.78 is 14.3. The van der Waals surface area contributed by atoms with E-state index in [2.05, 4.69) is 10.1 Å². The number of carbonyl (C=O) groups is 3. The summed E-state index contributed by atoms with van der Waals surface area (Å²) in [6.07, 6.45) is -0.895. The van der Waals surface area contributed by atoms with Gasteiger partial charge >= 0.3 is 12.2 Å². The summed E-state index contributed by atoms with van der Waals surface area (Å²) >= 11 is 0. The second-order valence-corrected chi connectivity index (χ2v) is 5.71. The number of hydrogen-bond acceptors (Lipinski definition) is 6. The highest BCUT2D eigenvalue weighted by molar-refractivity contribution is 5.85. The average molecular weight is 337 g/mol. The van der Waals surface area contributed by atoms with Crippen molar-refractivity contribution >= 4 is 18.0 Å². The maximum absolute atomic E-state index is 11.8. The molecule has 7 heteroatoms. The van der Waals surface area contributed by atoms with Gasteiger partial charge in [0.1, 0.15) is 12.4 Å². The zero-order chi connectivity index (χ0) is 18.1. The Morgan fingerprint density at radius 2 is 1.75 bits per heavy atom. The predicted molar refractivity (Wildman–Crippen MR) is 86.7 cm³/mol. The van der Waals surface area contributed by atoms with Crippen LogP contribution in [0.4, 0.5) is 9.59 Å². The van der Waals surface area contributed by atoms with Crippen LogP contribution in [-0.4, -0.2) is 31.2 Å². The molecule has 1 N–H and O–H groups in total. The molecule has 0 bridgehead atoms. The van der Waals surface area contributed by atoms with E-state index in [0.717, 1.165) is 0 Å². The summed E-state index contributed by atoms with van der Waals surface area (Å²) in [5.41, 5.74) is 0.714. The van der Waals surface area contributed by atoms with Crippen LogP contribution in [0.25, 0.3) is 0 Å². The molecule has 132 valence electrons. The number of benzene rings is 1. The van der Waals surface area contributed by atoms with Crippen molar-refractivity contribution in [3.05, 3.63) is 29.8 Å². The summed E-state index contributed by atoms with van der Waals surface area (Å²) in [4.78, 5) is 34.3. The Hall–Kier alpha value is -2.57. The third-order valence-electron chi connectivity index (χ3n) is 3.15. The number of rotatable bonds is 7. The van der Waals surface area contributed by atoms with Crippen molar-refractivity contribution in [2.45, 2.75) is 39.8 Å². The van der Waals surface area contributed by atoms with Gasteiger partial charge in [-0.2, -0.15) is 0 Å². The molecule has 0 aliphatic rings. The van der Waals surface area contributed by atoms with Gasteiger partial charge in [0.2, 0.25) is 0 Å². The minimum absolute atomic E-state index is 0.0383. The van der Waals surface area contributed by atoms with Gasteiger partial charge in [-0.25, -0.2) is 9.59 Å². The molecule has 0 aliphatic heterocycles. The average Bonchev–Trinajstić information content (AvgIpc) is 2.53. The summed E-state index contributed by atoms with van der Waals surface area (Å²) in [5.74, 6) is 0.496. The summed E-state index contributed by atoms with van der Waals surface area (Å²) in [7, 11) is 1.22. The predicted octanol–water partition coefficient (Wildman–Crippen LogP) is 3.06. The smallest absolute Gasteiger partial charge is 0.445 e. The van der Waals surface area contributed by atoms with Crippen molar-refractivity contribution < 1.29 is 28.6 Å². The number of alkyl carbamates (subject to hydrolysis) is 1. The van der Waals surface area contributed by atoms with E-state index >= 15 is 0 Å². The van der Waals surface area contributed by atoms with Crippen LogP contribution in [0.1, 0.15) is 32.8 Å². The molecule has 0 heterocycles. The van der Waals surface area contributed by atoms with Crippen LogP contribution >= 0.6 is 0 Å². The second-order valence-electron chi connectivity index (χ2n) is 5.71. The number of ether oxygens (including phenoxy) is 3. The fraction of sp³-hybridized carbons (Fsp3) is 0.471. The lowest BCUT2D eigenvalue weighted by atomic mass is 10.0. The molecule has 0 aromatic heterocycles. The maximum Gasteiger partial charge on any atom is 0.513 e. The van der Waals surface area contributed by atoms with E-state index in [9.17, 15) is 14.4 Å². The Kier molecular flexibility index (Phi) is 7.74. The first-order valence-electron chi connectivity index (χ1n) is 7.60. The normalized spacial score (nSPS) is 11.5. The number of nitrogens with one attached hydrogen (secondary N) is 1. The summed E-state index contributed by atoms with van der Waals surface area (Å²) in [6.45, 7) is 5.42. The second kappa shape index (κ2) is 9.54. The maximum atomic E-state index is 11.8. The lowest BCUT2D eigenvalue weighted by Gasteiger charge is -2.17. The van der Waals surface area contributed by atoms with Crippen LogP contribution in [0.2, 0.25) is 0 Å². The molecule has 1 rings (SSSR count). The minimum atomic E-state index is -0.807. The molecule has 1 aromatic carbocycles. The molecule has 1 aromatic rings. The first-order valence-corrected chi connectivity index (χ1v) is 7.60. The standard InChI is InChI=1S/C17H23NO6/c1-11(2)9-15(12(3)19)18-16(20)23-10-13-5-7-14(8-6-13)24-17(21)22-4/h5-8,11,15H,9-10H2,1-4H3,(H,18,20). The van der Waals surface area contributed by atoms with E-state index in [-0.39, 0.29) is 18.3 Å². The quantitative estimate of drug-likeness (QED) is 0.607. The minimum Gasteiger partial charge on any atom is -0.445 e. The monoisotopic (exact) mass is 337 g/mol. The molecule has 0 fully saturated rings. The molecule has 24 heavy (non-hydrogen) atoms. The van der Waals surface area contributed by atoms with E-state index in [1.54, 1.807) is 24.3 Å². The number of ketones is 1. The van der Waals surface area contributed by atoms with E-state index in [0.29, 0.717) is 17.7 Å². The summed E-state index contributed by atoms with van der Waals surface area (Å²) in [6, 6.07) is 5.88. The van der Waals surface area contributed by atoms with Crippen LogP contribution in [0.3, 0.4) is 0 Å².